The maximum Gasteiger partial charge on any atom is 0.0122 e. The van der Waals surface area contributed by atoms with Gasteiger partial charge in [0.25, 0.3) is 0 Å². The van der Waals surface area contributed by atoms with Gasteiger partial charge in [0.05, 0.1) is 0 Å². The Morgan fingerprint density at radius 1 is 1.00 bits per heavy atom. The summed E-state index contributed by atoms with van der Waals surface area (Å²) >= 11 is 0. The third-order valence-corrected chi connectivity index (χ3v) is 5.27. The minimum absolute atomic E-state index is 0.459. The van der Waals surface area contributed by atoms with Gasteiger partial charge < -0.3 is 5.73 Å². The topological polar surface area (TPSA) is 26.0 Å². The molecule has 2 rings (SSSR count). The van der Waals surface area contributed by atoms with E-state index in [2.05, 4.69) is 20.8 Å². The minimum atomic E-state index is 0.459. The zero-order valence-electron chi connectivity index (χ0n) is 11.3. The smallest absolute Gasteiger partial charge is 0.0122 e. The highest BCUT2D eigenvalue weighted by Gasteiger charge is 2.40. The van der Waals surface area contributed by atoms with Gasteiger partial charge in [-0.1, -0.05) is 33.6 Å². The second kappa shape index (κ2) is 4.68. The molecule has 2 N–H and O–H groups in total. The molecule has 2 fully saturated rings. The summed E-state index contributed by atoms with van der Waals surface area (Å²) in [6.07, 6.45) is 9.72. The Morgan fingerprint density at radius 2 is 1.50 bits per heavy atom. The van der Waals surface area contributed by atoms with Crippen LogP contribution in [-0.4, -0.2) is 6.04 Å². The Hall–Kier alpha value is -0.0400. The first-order chi connectivity index (χ1) is 7.51. The van der Waals surface area contributed by atoms with Crippen molar-refractivity contribution < 1.29 is 0 Å². The zero-order valence-corrected chi connectivity index (χ0v) is 11.3. The Morgan fingerprint density at radius 3 is 2.00 bits per heavy atom. The van der Waals surface area contributed by atoms with Crippen molar-refractivity contribution in [1.29, 1.82) is 0 Å². The van der Waals surface area contributed by atoms with Gasteiger partial charge in [0, 0.05) is 6.04 Å². The molecule has 0 aliphatic heterocycles. The summed E-state index contributed by atoms with van der Waals surface area (Å²) in [5.41, 5.74) is 7.07. The average Bonchev–Trinajstić information content (AvgIpc) is 2.64. The molecule has 2 aliphatic rings. The Kier molecular flexibility index (Phi) is 3.63. The van der Waals surface area contributed by atoms with E-state index in [0.717, 1.165) is 17.8 Å². The van der Waals surface area contributed by atoms with Crippen LogP contribution < -0.4 is 5.73 Å². The van der Waals surface area contributed by atoms with E-state index in [4.69, 9.17) is 5.73 Å². The molecule has 0 bridgehead atoms. The van der Waals surface area contributed by atoms with Gasteiger partial charge in [-0.3, -0.25) is 0 Å². The molecule has 0 spiro atoms. The molecular formula is C15H29N. The number of hydrogen-bond donors (Lipinski definition) is 1. The van der Waals surface area contributed by atoms with E-state index in [1.54, 1.807) is 0 Å². The van der Waals surface area contributed by atoms with Crippen LogP contribution in [0.3, 0.4) is 0 Å². The van der Waals surface area contributed by atoms with Gasteiger partial charge in [-0.15, -0.1) is 0 Å². The lowest BCUT2D eigenvalue weighted by Crippen LogP contribution is -2.46. The van der Waals surface area contributed by atoms with E-state index >= 15 is 0 Å². The lowest BCUT2D eigenvalue weighted by molar-refractivity contribution is 0.120. The van der Waals surface area contributed by atoms with E-state index < -0.39 is 0 Å². The van der Waals surface area contributed by atoms with E-state index in [1.165, 1.54) is 44.9 Å². The monoisotopic (exact) mass is 223 g/mol. The lowest BCUT2D eigenvalue weighted by atomic mass is 9.66. The maximum atomic E-state index is 6.61. The van der Waals surface area contributed by atoms with E-state index in [1.807, 2.05) is 0 Å². The molecule has 0 aromatic rings. The van der Waals surface area contributed by atoms with Crippen LogP contribution in [0.5, 0.6) is 0 Å². The van der Waals surface area contributed by atoms with E-state index in [9.17, 15) is 0 Å². The van der Waals surface area contributed by atoms with Gasteiger partial charge in [0.2, 0.25) is 0 Å². The van der Waals surface area contributed by atoms with E-state index in [0.29, 0.717) is 11.5 Å². The molecule has 1 nitrogen and oxygen atoms in total. The molecule has 0 amide bonds. The molecule has 16 heavy (non-hydrogen) atoms. The molecule has 0 aromatic carbocycles. The molecule has 3 atom stereocenters. The summed E-state index contributed by atoms with van der Waals surface area (Å²) in [6.45, 7) is 7.26. The van der Waals surface area contributed by atoms with Crippen LogP contribution in [0, 0.1) is 23.2 Å². The Balaban J connectivity index is 2.00. The maximum absolute atomic E-state index is 6.61. The molecule has 2 saturated carbocycles. The molecule has 0 heterocycles. The van der Waals surface area contributed by atoms with Crippen LogP contribution in [0.4, 0.5) is 0 Å². The third-order valence-electron chi connectivity index (χ3n) is 5.27. The van der Waals surface area contributed by atoms with Crippen LogP contribution in [0.2, 0.25) is 0 Å². The molecular weight excluding hydrogens is 194 g/mol. The average molecular weight is 223 g/mol. The van der Waals surface area contributed by atoms with Gasteiger partial charge in [0.1, 0.15) is 0 Å². The first kappa shape index (κ1) is 12.4. The Bertz CT molecular complexity index is 220. The lowest BCUT2D eigenvalue weighted by Gasteiger charge is -2.42. The van der Waals surface area contributed by atoms with Crippen LogP contribution in [0.25, 0.3) is 0 Å². The highest BCUT2D eigenvalue weighted by atomic mass is 14.7. The predicted octanol–water partition coefficient (Wildman–Crippen LogP) is 3.97. The minimum Gasteiger partial charge on any atom is -0.327 e. The summed E-state index contributed by atoms with van der Waals surface area (Å²) in [4.78, 5) is 0. The SMILES string of the molecule is CC1CC(C)CC(C(N)C2(C)CCCC2)C1. The fraction of sp³-hybridized carbons (Fsp3) is 1.00. The van der Waals surface area contributed by atoms with Crippen molar-refractivity contribution in [3.63, 3.8) is 0 Å². The van der Waals surface area contributed by atoms with Crippen molar-refractivity contribution in [2.45, 2.75) is 71.8 Å². The standard InChI is InChI=1S/C15H29N/c1-11-8-12(2)10-13(9-11)14(16)15(3)6-4-5-7-15/h11-14H,4-10,16H2,1-3H3. The van der Waals surface area contributed by atoms with Gasteiger partial charge in [-0.05, 0) is 55.3 Å². The van der Waals surface area contributed by atoms with Crippen molar-refractivity contribution in [1.82, 2.24) is 0 Å². The molecule has 2 aliphatic carbocycles. The van der Waals surface area contributed by atoms with Crippen molar-refractivity contribution >= 4 is 0 Å². The van der Waals surface area contributed by atoms with Crippen molar-refractivity contribution in [2.24, 2.45) is 28.9 Å². The molecule has 0 aromatic heterocycles. The van der Waals surface area contributed by atoms with Crippen molar-refractivity contribution in [3.8, 4) is 0 Å². The second-order valence-electron chi connectivity index (χ2n) is 7.06. The van der Waals surface area contributed by atoms with E-state index in [-0.39, 0.29) is 0 Å². The normalized spacial score (nSPS) is 40.9. The van der Waals surface area contributed by atoms with Gasteiger partial charge in [-0.2, -0.15) is 0 Å². The first-order valence-electron chi connectivity index (χ1n) is 7.27. The summed E-state index contributed by atoms with van der Waals surface area (Å²) in [6, 6.07) is 0.459. The summed E-state index contributed by atoms with van der Waals surface area (Å²) < 4.78 is 0. The van der Waals surface area contributed by atoms with Crippen LogP contribution >= 0.6 is 0 Å². The van der Waals surface area contributed by atoms with Crippen LogP contribution in [0.15, 0.2) is 0 Å². The molecule has 0 radical (unpaired) electrons. The summed E-state index contributed by atoms with van der Waals surface area (Å²) in [5, 5.41) is 0. The van der Waals surface area contributed by atoms with Gasteiger partial charge in [-0.25, -0.2) is 0 Å². The van der Waals surface area contributed by atoms with Crippen LogP contribution in [0.1, 0.15) is 65.7 Å². The fourth-order valence-electron chi connectivity index (χ4n) is 4.39. The third kappa shape index (κ3) is 2.45. The van der Waals surface area contributed by atoms with Crippen molar-refractivity contribution in [3.05, 3.63) is 0 Å². The summed E-state index contributed by atoms with van der Waals surface area (Å²) in [5.74, 6) is 2.58. The summed E-state index contributed by atoms with van der Waals surface area (Å²) in [7, 11) is 0. The molecule has 0 saturated heterocycles. The molecule has 1 heteroatoms. The predicted molar refractivity (Wildman–Crippen MR) is 70.2 cm³/mol. The number of nitrogens with two attached hydrogens (primary N) is 1. The molecule has 94 valence electrons. The van der Waals surface area contributed by atoms with Crippen molar-refractivity contribution in [2.75, 3.05) is 0 Å². The number of hydrogen-bond acceptors (Lipinski definition) is 1. The largest absolute Gasteiger partial charge is 0.327 e. The van der Waals surface area contributed by atoms with Crippen LogP contribution in [-0.2, 0) is 0 Å². The van der Waals surface area contributed by atoms with Gasteiger partial charge >= 0.3 is 0 Å². The number of rotatable bonds is 2. The zero-order chi connectivity index (χ0) is 11.8. The fourth-order valence-corrected chi connectivity index (χ4v) is 4.39. The quantitative estimate of drug-likeness (QED) is 0.753. The first-order valence-corrected chi connectivity index (χ1v) is 7.27. The van der Waals surface area contributed by atoms with Gasteiger partial charge in [0.15, 0.2) is 0 Å². The highest BCUT2D eigenvalue weighted by Crippen LogP contribution is 2.46. The molecule has 3 unspecified atom stereocenters. The highest BCUT2D eigenvalue weighted by molar-refractivity contribution is 4.95. The second-order valence-corrected chi connectivity index (χ2v) is 7.06. The Labute approximate surface area is 101 Å².